The number of ether oxygens (including phenoxy) is 6. The molecule has 0 spiro atoms. The smallest absolute Gasteiger partial charge is 0.458 e. The lowest BCUT2D eigenvalue weighted by molar-refractivity contribution is -0.0162. The molecule has 4 unspecified atom stereocenters. The van der Waals surface area contributed by atoms with Crippen LogP contribution in [0.3, 0.4) is 0 Å². The summed E-state index contributed by atoms with van der Waals surface area (Å²) < 4.78 is 29.1. The summed E-state index contributed by atoms with van der Waals surface area (Å²) in [6.45, 7) is 4.97. The van der Waals surface area contributed by atoms with Gasteiger partial charge in [0.15, 0.2) is 0 Å². The molecule has 0 aliphatic heterocycles. The zero-order valence-corrected chi connectivity index (χ0v) is 19.4. The largest absolute Gasteiger partial charge is 0.508 e. The Hall–Kier alpha value is -3.38. The molecule has 0 radical (unpaired) electrons. The SMILES string of the molecule is CC(O)COC(=O)OC(C)COC(=O)c1ccc(C(=O)OCC(C)OC(=O)OCC(C)O)cc1. The van der Waals surface area contributed by atoms with Crippen LogP contribution in [-0.2, 0) is 28.4 Å². The summed E-state index contributed by atoms with van der Waals surface area (Å²) in [5.41, 5.74) is 0.302. The lowest BCUT2D eigenvalue weighted by Crippen LogP contribution is -2.25. The highest BCUT2D eigenvalue weighted by Gasteiger charge is 2.17. The molecule has 1 rings (SSSR count). The monoisotopic (exact) mass is 486 g/mol. The maximum Gasteiger partial charge on any atom is 0.508 e. The van der Waals surface area contributed by atoms with Gasteiger partial charge in [-0.3, -0.25) is 0 Å². The maximum atomic E-state index is 12.1. The molecule has 2 N–H and O–H groups in total. The molecule has 0 aliphatic carbocycles. The molecule has 0 saturated heterocycles. The number of hydrogen-bond donors (Lipinski definition) is 2. The van der Waals surface area contributed by atoms with E-state index in [1.165, 1.54) is 52.0 Å². The van der Waals surface area contributed by atoms with E-state index in [2.05, 4.69) is 9.47 Å². The lowest BCUT2D eigenvalue weighted by atomic mass is 10.1. The van der Waals surface area contributed by atoms with Crippen LogP contribution in [0.5, 0.6) is 0 Å². The van der Waals surface area contributed by atoms with Crippen molar-refractivity contribution in [3.05, 3.63) is 35.4 Å². The number of carbonyl (C=O) groups excluding carboxylic acids is 4. The minimum atomic E-state index is -0.997. The van der Waals surface area contributed by atoms with Gasteiger partial charge in [0.05, 0.1) is 23.3 Å². The number of carbonyl (C=O) groups is 4. The fraction of sp³-hybridized carbons (Fsp3) is 0.545. The second-order valence-corrected chi connectivity index (χ2v) is 7.45. The van der Waals surface area contributed by atoms with Crippen molar-refractivity contribution in [1.29, 1.82) is 0 Å². The molecule has 1 aromatic rings. The van der Waals surface area contributed by atoms with E-state index in [1.807, 2.05) is 0 Å². The van der Waals surface area contributed by atoms with E-state index in [0.29, 0.717) is 0 Å². The van der Waals surface area contributed by atoms with Crippen LogP contribution in [0.25, 0.3) is 0 Å². The number of aliphatic hydroxyl groups is 2. The molecular formula is C22H30O12. The predicted molar refractivity (Wildman–Crippen MR) is 114 cm³/mol. The van der Waals surface area contributed by atoms with Crippen molar-refractivity contribution >= 4 is 24.2 Å². The number of esters is 2. The summed E-state index contributed by atoms with van der Waals surface area (Å²) >= 11 is 0. The van der Waals surface area contributed by atoms with Gasteiger partial charge in [-0.15, -0.1) is 0 Å². The quantitative estimate of drug-likeness (QED) is 0.326. The van der Waals surface area contributed by atoms with Crippen LogP contribution in [0.1, 0.15) is 48.4 Å². The van der Waals surface area contributed by atoms with Gasteiger partial charge < -0.3 is 38.6 Å². The molecular weight excluding hydrogens is 456 g/mol. The zero-order chi connectivity index (χ0) is 25.7. The van der Waals surface area contributed by atoms with Crippen LogP contribution in [0.15, 0.2) is 24.3 Å². The summed E-state index contributed by atoms with van der Waals surface area (Å²) in [6.07, 6.45) is -5.22. The average molecular weight is 486 g/mol. The topological polar surface area (TPSA) is 164 Å². The lowest BCUT2D eigenvalue weighted by Gasteiger charge is -2.14. The Labute approximate surface area is 196 Å². The standard InChI is InChI=1S/C22H30O12/c1-13(23)9-31-21(27)33-15(3)11-29-19(25)17-5-7-18(8-6-17)20(26)30-12-16(4)34-22(28)32-10-14(2)24/h5-8,13-16,23-24H,9-12H2,1-4H3. The van der Waals surface area contributed by atoms with Crippen LogP contribution >= 0.6 is 0 Å². The first kappa shape index (κ1) is 28.7. The molecule has 12 nitrogen and oxygen atoms in total. The highest BCUT2D eigenvalue weighted by atomic mass is 16.7. The first-order valence-electron chi connectivity index (χ1n) is 10.4. The van der Waals surface area contributed by atoms with Crippen LogP contribution in [0, 0.1) is 0 Å². The van der Waals surface area contributed by atoms with Crippen LogP contribution in [-0.4, -0.2) is 85.3 Å². The molecule has 0 fully saturated rings. The highest BCUT2D eigenvalue weighted by molar-refractivity contribution is 5.93. The summed E-state index contributed by atoms with van der Waals surface area (Å²) in [5, 5.41) is 18.1. The minimum Gasteiger partial charge on any atom is -0.458 e. The second kappa shape index (κ2) is 14.7. The number of rotatable bonds is 12. The van der Waals surface area contributed by atoms with Gasteiger partial charge in [-0.1, -0.05) is 0 Å². The van der Waals surface area contributed by atoms with E-state index in [0.717, 1.165) is 0 Å². The molecule has 12 heteroatoms. The average Bonchev–Trinajstić information content (AvgIpc) is 2.78. The minimum absolute atomic E-state index is 0.151. The molecule has 0 amide bonds. The van der Waals surface area contributed by atoms with Gasteiger partial charge in [0.25, 0.3) is 0 Å². The summed E-state index contributed by atoms with van der Waals surface area (Å²) in [4.78, 5) is 47.0. The molecule has 1 aromatic carbocycles. The molecule has 4 atom stereocenters. The Kier molecular flexibility index (Phi) is 12.4. The van der Waals surface area contributed by atoms with Gasteiger partial charge in [-0.05, 0) is 52.0 Å². The van der Waals surface area contributed by atoms with Gasteiger partial charge in [0.2, 0.25) is 0 Å². The Morgan fingerprint density at radius 1 is 0.618 bits per heavy atom. The Balaban J connectivity index is 2.41. The van der Waals surface area contributed by atoms with Crippen molar-refractivity contribution in [2.75, 3.05) is 26.4 Å². The first-order chi connectivity index (χ1) is 16.0. The van der Waals surface area contributed by atoms with Gasteiger partial charge in [0, 0.05) is 0 Å². The third kappa shape index (κ3) is 12.0. The van der Waals surface area contributed by atoms with E-state index in [4.69, 9.17) is 29.2 Å². The molecule has 0 aromatic heterocycles. The molecule has 0 aliphatic rings. The van der Waals surface area contributed by atoms with E-state index in [1.54, 1.807) is 0 Å². The number of hydrogen-bond acceptors (Lipinski definition) is 12. The number of benzene rings is 1. The number of aliphatic hydroxyl groups excluding tert-OH is 2. The Morgan fingerprint density at radius 2 is 0.941 bits per heavy atom. The van der Waals surface area contributed by atoms with Crippen LogP contribution in [0.4, 0.5) is 9.59 Å². The van der Waals surface area contributed by atoms with Crippen molar-refractivity contribution in [2.24, 2.45) is 0 Å². The van der Waals surface area contributed by atoms with Gasteiger partial charge in [0.1, 0.15) is 38.6 Å². The van der Waals surface area contributed by atoms with E-state index < -0.39 is 48.7 Å². The van der Waals surface area contributed by atoms with E-state index in [-0.39, 0.29) is 37.6 Å². The molecule has 190 valence electrons. The first-order valence-corrected chi connectivity index (χ1v) is 10.4. The maximum absolute atomic E-state index is 12.1. The van der Waals surface area contributed by atoms with Gasteiger partial charge in [-0.2, -0.15) is 0 Å². The van der Waals surface area contributed by atoms with E-state index >= 15 is 0 Å². The zero-order valence-electron chi connectivity index (χ0n) is 19.4. The van der Waals surface area contributed by atoms with Crippen molar-refractivity contribution in [3.63, 3.8) is 0 Å². The fourth-order valence-electron chi connectivity index (χ4n) is 2.14. The summed E-state index contributed by atoms with van der Waals surface area (Å²) in [7, 11) is 0. The van der Waals surface area contributed by atoms with Crippen molar-refractivity contribution in [1.82, 2.24) is 0 Å². The highest BCUT2D eigenvalue weighted by Crippen LogP contribution is 2.09. The Morgan fingerprint density at radius 3 is 1.24 bits per heavy atom. The van der Waals surface area contributed by atoms with Gasteiger partial charge >= 0.3 is 24.2 Å². The molecule has 0 heterocycles. The molecule has 0 saturated carbocycles. The van der Waals surface area contributed by atoms with Gasteiger partial charge in [-0.25, -0.2) is 19.2 Å². The van der Waals surface area contributed by atoms with Crippen molar-refractivity contribution < 1.29 is 57.8 Å². The molecule has 34 heavy (non-hydrogen) atoms. The summed E-state index contributed by atoms with van der Waals surface area (Å²) in [5.74, 6) is -1.41. The second-order valence-electron chi connectivity index (χ2n) is 7.45. The Bertz CT molecular complexity index is 736. The van der Waals surface area contributed by atoms with Crippen LogP contribution in [0.2, 0.25) is 0 Å². The predicted octanol–water partition coefficient (Wildman–Crippen LogP) is 1.85. The third-order valence-corrected chi connectivity index (χ3v) is 3.73. The third-order valence-electron chi connectivity index (χ3n) is 3.73. The van der Waals surface area contributed by atoms with Crippen molar-refractivity contribution in [3.8, 4) is 0 Å². The normalized spacial score (nSPS) is 14.1. The molecule has 0 bridgehead atoms. The van der Waals surface area contributed by atoms with Crippen LogP contribution < -0.4 is 0 Å². The van der Waals surface area contributed by atoms with Crippen molar-refractivity contribution in [2.45, 2.75) is 52.1 Å². The summed E-state index contributed by atoms with van der Waals surface area (Å²) in [6, 6.07) is 5.42. The fourth-order valence-corrected chi connectivity index (χ4v) is 2.14. The van der Waals surface area contributed by atoms with E-state index in [9.17, 15) is 19.2 Å².